The number of aliphatic hydroxyl groups excluding tert-OH is 1. The van der Waals surface area contributed by atoms with Crippen molar-refractivity contribution in [2.75, 3.05) is 32.8 Å². The maximum absolute atomic E-state index is 8.62. The highest BCUT2D eigenvalue weighted by molar-refractivity contribution is 4.74. The molecule has 0 spiro atoms. The lowest BCUT2D eigenvalue weighted by atomic mass is 10.2. The van der Waals surface area contributed by atoms with Gasteiger partial charge in [0.05, 0.1) is 0 Å². The van der Waals surface area contributed by atoms with Crippen LogP contribution in [-0.2, 0) is 0 Å². The van der Waals surface area contributed by atoms with E-state index in [9.17, 15) is 0 Å². The molecule has 2 N–H and O–H groups in total. The molecular weight excluding hydrogens is 164 g/mol. The van der Waals surface area contributed by atoms with Crippen LogP contribution in [0.4, 0.5) is 0 Å². The number of nitrogens with zero attached hydrogens (tertiary/aromatic N) is 1. The first-order valence-electron chi connectivity index (χ1n) is 5.39. The van der Waals surface area contributed by atoms with Crippen LogP contribution in [0.3, 0.4) is 0 Å². The van der Waals surface area contributed by atoms with E-state index in [1.807, 2.05) is 0 Å². The molecule has 1 rings (SSSR count). The molecule has 0 amide bonds. The van der Waals surface area contributed by atoms with Crippen molar-refractivity contribution in [3.05, 3.63) is 0 Å². The van der Waals surface area contributed by atoms with Crippen molar-refractivity contribution < 1.29 is 5.11 Å². The van der Waals surface area contributed by atoms with Crippen molar-refractivity contribution in [2.45, 2.75) is 32.2 Å². The van der Waals surface area contributed by atoms with Gasteiger partial charge < -0.3 is 15.3 Å². The monoisotopic (exact) mass is 186 g/mol. The SMILES string of the molecule is C[C@@H]1CN(CCCCCO)CCN1. The van der Waals surface area contributed by atoms with E-state index in [2.05, 4.69) is 17.1 Å². The Balaban J connectivity index is 2.00. The van der Waals surface area contributed by atoms with Crippen molar-refractivity contribution in [2.24, 2.45) is 0 Å². The largest absolute Gasteiger partial charge is 0.396 e. The number of nitrogens with one attached hydrogen (secondary N) is 1. The van der Waals surface area contributed by atoms with Gasteiger partial charge in [-0.3, -0.25) is 0 Å². The summed E-state index contributed by atoms with van der Waals surface area (Å²) < 4.78 is 0. The molecule has 0 aromatic carbocycles. The van der Waals surface area contributed by atoms with E-state index in [1.54, 1.807) is 0 Å². The second kappa shape index (κ2) is 6.35. The van der Waals surface area contributed by atoms with Crippen LogP contribution in [-0.4, -0.2) is 48.8 Å². The van der Waals surface area contributed by atoms with E-state index in [-0.39, 0.29) is 0 Å². The summed E-state index contributed by atoms with van der Waals surface area (Å²) in [5.74, 6) is 0. The van der Waals surface area contributed by atoms with Crippen molar-refractivity contribution in [3.63, 3.8) is 0 Å². The first kappa shape index (κ1) is 11.0. The minimum Gasteiger partial charge on any atom is -0.396 e. The minimum atomic E-state index is 0.345. The lowest BCUT2D eigenvalue weighted by Gasteiger charge is -2.31. The Kier molecular flexibility index (Phi) is 5.35. The van der Waals surface area contributed by atoms with Crippen molar-refractivity contribution in [3.8, 4) is 0 Å². The Morgan fingerprint density at radius 1 is 1.38 bits per heavy atom. The number of hydrogen-bond acceptors (Lipinski definition) is 3. The fourth-order valence-corrected chi connectivity index (χ4v) is 1.84. The van der Waals surface area contributed by atoms with Crippen LogP contribution in [0.1, 0.15) is 26.2 Å². The molecule has 0 bridgehead atoms. The Labute approximate surface area is 81.1 Å². The molecule has 0 aromatic heterocycles. The highest BCUT2D eigenvalue weighted by Crippen LogP contribution is 2.02. The molecule has 0 radical (unpaired) electrons. The van der Waals surface area contributed by atoms with Crippen molar-refractivity contribution >= 4 is 0 Å². The van der Waals surface area contributed by atoms with Crippen LogP contribution >= 0.6 is 0 Å². The Morgan fingerprint density at radius 2 is 2.23 bits per heavy atom. The lowest BCUT2D eigenvalue weighted by molar-refractivity contribution is 0.200. The average molecular weight is 186 g/mol. The van der Waals surface area contributed by atoms with Gasteiger partial charge in [-0.1, -0.05) is 0 Å². The quantitative estimate of drug-likeness (QED) is 0.612. The minimum absolute atomic E-state index is 0.345. The van der Waals surface area contributed by atoms with Crippen LogP contribution in [0.2, 0.25) is 0 Å². The second-order valence-electron chi connectivity index (χ2n) is 3.94. The summed E-state index contributed by atoms with van der Waals surface area (Å²) in [6.07, 6.45) is 3.35. The molecule has 1 saturated heterocycles. The van der Waals surface area contributed by atoms with E-state index in [4.69, 9.17) is 5.11 Å². The molecular formula is C10H22N2O. The van der Waals surface area contributed by atoms with Gasteiger partial charge >= 0.3 is 0 Å². The fourth-order valence-electron chi connectivity index (χ4n) is 1.84. The number of hydrogen-bond donors (Lipinski definition) is 2. The van der Waals surface area contributed by atoms with Gasteiger partial charge in [0.2, 0.25) is 0 Å². The van der Waals surface area contributed by atoms with Gasteiger partial charge in [0.25, 0.3) is 0 Å². The Morgan fingerprint density at radius 3 is 2.92 bits per heavy atom. The van der Waals surface area contributed by atoms with Crippen molar-refractivity contribution in [1.29, 1.82) is 0 Å². The third-order valence-corrected chi connectivity index (χ3v) is 2.59. The summed E-state index contributed by atoms with van der Waals surface area (Å²) in [6, 6.07) is 0.645. The first-order chi connectivity index (χ1) is 6.33. The summed E-state index contributed by atoms with van der Waals surface area (Å²) in [4.78, 5) is 2.51. The van der Waals surface area contributed by atoms with Crippen LogP contribution in [0.5, 0.6) is 0 Å². The van der Waals surface area contributed by atoms with Gasteiger partial charge in [-0.2, -0.15) is 0 Å². The molecule has 1 heterocycles. The van der Waals surface area contributed by atoms with E-state index >= 15 is 0 Å². The molecule has 13 heavy (non-hydrogen) atoms. The highest BCUT2D eigenvalue weighted by Gasteiger charge is 2.14. The van der Waals surface area contributed by atoms with Gasteiger partial charge in [-0.05, 0) is 32.7 Å². The normalized spacial score (nSPS) is 24.9. The van der Waals surface area contributed by atoms with Crippen LogP contribution < -0.4 is 5.32 Å². The van der Waals surface area contributed by atoms with Gasteiger partial charge in [-0.15, -0.1) is 0 Å². The zero-order chi connectivity index (χ0) is 9.52. The molecule has 3 heteroatoms. The molecule has 78 valence electrons. The third kappa shape index (κ3) is 4.60. The predicted molar refractivity (Wildman–Crippen MR) is 54.8 cm³/mol. The fraction of sp³-hybridized carbons (Fsp3) is 1.00. The van der Waals surface area contributed by atoms with Gasteiger partial charge in [-0.25, -0.2) is 0 Å². The number of aliphatic hydroxyl groups is 1. The van der Waals surface area contributed by atoms with E-state index in [0.717, 1.165) is 19.4 Å². The van der Waals surface area contributed by atoms with Crippen molar-refractivity contribution in [1.82, 2.24) is 10.2 Å². The standard InChI is InChI=1S/C10H22N2O/c1-10-9-12(7-5-11-10)6-3-2-4-8-13/h10-11,13H,2-9H2,1H3/t10-/m1/s1. The smallest absolute Gasteiger partial charge is 0.0431 e. The summed E-state index contributed by atoms with van der Waals surface area (Å²) >= 11 is 0. The zero-order valence-electron chi connectivity index (χ0n) is 8.63. The van der Waals surface area contributed by atoms with Gasteiger partial charge in [0, 0.05) is 32.3 Å². The second-order valence-corrected chi connectivity index (χ2v) is 3.94. The molecule has 0 unspecified atom stereocenters. The molecule has 1 fully saturated rings. The maximum atomic E-state index is 8.62. The number of piperazine rings is 1. The topological polar surface area (TPSA) is 35.5 Å². The summed E-state index contributed by atoms with van der Waals surface area (Å²) in [7, 11) is 0. The maximum Gasteiger partial charge on any atom is 0.0431 e. The van der Waals surface area contributed by atoms with Gasteiger partial charge in [0.1, 0.15) is 0 Å². The number of rotatable bonds is 5. The van der Waals surface area contributed by atoms with Crippen LogP contribution in [0, 0.1) is 0 Å². The van der Waals surface area contributed by atoms with E-state index in [0.29, 0.717) is 12.6 Å². The molecule has 1 aliphatic heterocycles. The van der Waals surface area contributed by atoms with Crippen LogP contribution in [0.25, 0.3) is 0 Å². The molecule has 3 nitrogen and oxygen atoms in total. The Hall–Kier alpha value is -0.120. The molecule has 0 saturated carbocycles. The molecule has 0 aliphatic carbocycles. The highest BCUT2D eigenvalue weighted by atomic mass is 16.2. The summed E-state index contributed by atoms with van der Waals surface area (Å²) in [5.41, 5.74) is 0. The predicted octanol–water partition coefficient (Wildman–Crippen LogP) is 0.443. The summed E-state index contributed by atoms with van der Waals surface area (Å²) in [5, 5.41) is 12.1. The lowest BCUT2D eigenvalue weighted by Crippen LogP contribution is -2.49. The zero-order valence-corrected chi connectivity index (χ0v) is 8.63. The van der Waals surface area contributed by atoms with E-state index < -0.39 is 0 Å². The molecule has 0 aromatic rings. The first-order valence-corrected chi connectivity index (χ1v) is 5.39. The Bertz CT molecular complexity index is 130. The average Bonchev–Trinajstić information content (AvgIpc) is 2.13. The van der Waals surface area contributed by atoms with E-state index in [1.165, 1.54) is 26.1 Å². The number of unbranched alkanes of at least 4 members (excludes halogenated alkanes) is 2. The van der Waals surface area contributed by atoms with Crippen LogP contribution in [0.15, 0.2) is 0 Å². The van der Waals surface area contributed by atoms with Gasteiger partial charge in [0.15, 0.2) is 0 Å². The molecule has 1 atom stereocenters. The molecule has 1 aliphatic rings. The third-order valence-electron chi connectivity index (χ3n) is 2.59. The summed E-state index contributed by atoms with van der Waals surface area (Å²) in [6.45, 7) is 7.27.